The predicted molar refractivity (Wildman–Crippen MR) is 74.1 cm³/mol. The summed E-state index contributed by atoms with van der Waals surface area (Å²) in [6, 6.07) is 5.09. The van der Waals surface area contributed by atoms with E-state index >= 15 is 0 Å². The fourth-order valence-electron chi connectivity index (χ4n) is 2.21. The molecule has 2 amide bonds. The molecule has 2 rings (SSSR count). The zero-order valence-corrected chi connectivity index (χ0v) is 11.5. The normalized spacial score (nSPS) is 18.3. The summed E-state index contributed by atoms with van der Waals surface area (Å²) >= 11 is 0. The topological polar surface area (TPSA) is 84.7 Å². The van der Waals surface area contributed by atoms with Crippen molar-refractivity contribution in [2.75, 3.05) is 26.2 Å². The van der Waals surface area contributed by atoms with Gasteiger partial charge in [-0.25, -0.2) is 4.39 Å². The van der Waals surface area contributed by atoms with E-state index in [2.05, 4.69) is 5.32 Å². The number of hydrogen-bond donors (Lipinski definition) is 2. The van der Waals surface area contributed by atoms with Crippen molar-refractivity contribution < 1.29 is 18.7 Å². The molecule has 1 aromatic rings. The highest BCUT2D eigenvalue weighted by Gasteiger charge is 2.30. The van der Waals surface area contributed by atoms with Crippen molar-refractivity contribution >= 4 is 11.8 Å². The third kappa shape index (κ3) is 4.16. The Morgan fingerprint density at radius 3 is 3.00 bits per heavy atom. The first kappa shape index (κ1) is 15.2. The number of benzene rings is 1. The van der Waals surface area contributed by atoms with Crippen molar-refractivity contribution in [2.24, 2.45) is 5.73 Å². The standard InChI is InChI=1S/C14H18FN3O3/c15-10-2-1-3-11(8-10)21-7-4-13(19)18-6-5-17-9-12(18)14(16)20/h1-3,8,12,17H,4-7,9H2,(H2,16,20)/t12-/m1/s1. The molecule has 0 radical (unpaired) electrons. The number of nitrogens with zero attached hydrogens (tertiary/aromatic N) is 1. The molecule has 7 heteroatoms. The highest BCUT2D eigenvalue weighted by molar-refractivity contribution is 5.87. The molecule has 0 spiro atoms. The molecule has 1 aliphatic rings. The smallest absolute Gasteiger partial charge is 0.241 e. The van der Waals surface area contributed by atoms with Gasteiger partial charge >= 0.3 is 0 Å². The second-order valence-corrected chi connectivity index (χ2v) is 4.77. The zero-order valence-electron chi connectivity index (χ0n) is 11.5. The first-order valence-corrected chi connectivity index (χ1v) is 6.76. The average Bonchev–Trinajstić information content (AvgIpc) is 2.47. The number of rotatable bonds is 5. The average molecular weight is 295 g/mol. The molecule has 1 aromatic carbocycles. The first-order valence-electron chi connectivity index (χ1n) is 6.76. The molecule has 114 valence electrons. The lowest BCUT2D eigenvalue weighted by molar-refractivity contribution is -0.140. The van der Waals surface area contributed by atoms with Crippen LogP contribution in [0.2, 0.25) is 0 Å². The van der Waals surface area contributed by atoms with Crippen LogP contribution in [0.3, 0.4) is 0 Å². The summed E-state index contributed by atoms with van der Waals surface area (Å²) in [5.41, 5.74) is 5.29. The number of hydrogen-bond acceptors (Lipinski definition) is 4. The van der Waals surface area contributed by atoms with Crippen LogP contribution in [0.4, 0.5) is 4.39 Å². The second kappa shape index (κ2) is 7.03. The fraction of sp³-hybridized carbons (Fsp3) is 0.429. The van der Waals surface area contributed by atoms with Crippen LogP contribution >= 0.6 is 0 Å². The summed E-state index contributed by atoms with van der Waals surface area (Å²) in [5.74, 6) is -0.748. The quantitative estimate of drug-likeness (QED) is 0.793. The van der Waals surface area contributed by atoms with Crippen molar-refractivity contribution in [1.82, 2.24) is 10.2 Å². The molecule has 1 fully saturated rings. The molecule has 1 atom stereocenters. The van der Waals surface area contributed by atoms with Crippen molar-refractivity contribution in [2.45, 2.75) is 12.5 Å². The van der Waals surface area contributed by atoms with Gasteiger partial charge in [0.2, 0.25) is 11.8 Å². The van der Waals surface area contributed by atoms with E-state index in [-0.39, 0.29) is 18.9 Å². The fourth-order valence-corrected chi connectivity index (χ4v) is 2.21. The lowest BCUT2D eigenvalue weighted by Gasteiger charge is -2.34. The third-order valence-corrected chi connectivity index (χ3v) is 3.27. The van der Waals surface area contributed by atoms with E-state index in [4.69, 9.17) is 10.5 Å². The Hall–Kier alpha value is -2.15. The molecular formula is C14H18FN3O3. The summed E-state index contributed by atoms with van der Waals surface area (Å²) < 4.78 is 18.3. The molecule has 21 heavy (non-hydrogen) atoms. The van der Waals surface area contributed by atoms with E-state index in [9.17, 15) is 14.0 Å². The monoisotopic (exact) mass is 295 g/mol. The van der Waals surface area contributed by atoms with Crippen LogP contribution in [0.1, 0.15) is 6.42 Å². The van der Waals surface area contributed by atoms with Gasteiger partial charge in [0.15, 0.2) is 0 Å². The lowest BCUT2D eigenvalue weighted by atomic mass is 10.1. The van der Waals surface area contributed by atoms with E-state index in [1.54, 1.807) is 6.07 Å². The van der Waals surface area contributed by atoms with Gasteiger partial charge in [0, 0.05) is 25.7 Å². The van der Waals surface area contributed by atoms with Crippen LogP contribution in [-0.4, -0.2) is 49.0 Å². The third-order valence-electron chi connectivity index (χ3n) is 3.27. The minimum atomic E-state index is -0.625. The highest BCUT2D eigenvalue weighted by atomic mass is 19.1. The maximum atomic E-state index is 13.0. The Balaban J connectivity index is 1.84. The molecular weight excluding hydrogens is 277 g/mol. The molecule has 1 heterocycles. The zero-order chi connectivity index (χ0) is 15.2. The molecule has 1 saturated heterocycles. The van der Waals surface area contributed by atoms with Crippen LogP contribution in [0.25, 0.3) is 0 Å². The summed E-state index contributed by atoms with van der Waals surface area (Å²) in [6.07, 6.45) is 0.111. The van der Waals surface area contributed by atoms with Gasteiger partial charge in [0.25, 0.3) is 0 Å². The van der Waals surface area contributed by atoms with Crippen LogP contribution in [0.5, 0.6) is 5.75 Å². The molecule has 0 aromatic heterocycles. The number of primary amides is 1. The van der Waals surface area contributed by atoms with Crippen molar-refractivity contribution in [3.8, 4) is 5.75 Å². The predicted octanol–water partition coefficient (Wildman–Crippen LogP) is -0.120. The van der Waals surface area contributed by atoms with Crippen molar-refractivity contribution in [3.05, 3.63) is 30.1 Å². The maximum Gasteiger partial charge on any atom is 0.241 e. The highest BCUT2D eigenvalue weighted by Crippen LogP contribution is 2.13. The SMILES string of the molecule is NC(=O)[C@H]1CNCCN1C(=O)CCOc1cccc(F)c1. The van der Waals surface area contributed by atoms with E-state index in [0.717, 1.165) is 0 Å². The molecule has 0 saturated carbocycles. The Labute approximate surface area is 122 Å². The van der Waals surface area contributed by atoms with Crippen LogP contribution in [0, 0.1) is 5.82 Å². The van der Waals surface area contributed by atoms with Crippen LogP contribution in [-0.2, 0) is 9.59 Å². The van der Waals surface area contributed by atoms with Gasteiger partial charge in [-0.2, -0.15) is 0 Å². The molecule has 0 unspecified atom stereocenters. The molecule has 6 nitrogen and oxygen atoms in total. The van der Waals surface area contributed by atoms with Gasteiger partial charge in [0.05, 0.1) is 13.0 Å². The number of amides is 2. The summed E-state index contributed by atoms with van der Waals surface area (Å²) in [5, 5.41) is 3.02. The Kier molecular flexibility index (Phi) is 5.10. The maximum absolute atomic E-state index is 13.0. The molecule has 0 bridgehead atoms. The largest absolute Gasteiger partial charge is 0.493 e. The van der Waals surface area contributed by atoms with Crippen LogP contribution < -0.4 is 15.8 Å². The molecule has 3 N–H and O–H groups in total. The number of ether oxygens (including phenoxy) is 1. The number of carbonyl (C=O) groups is 2. The minimum absolute atomic E-state index is 0.111. The van der Waals surface area contributed by atoms with Gasteiger partial charge in [-0.15, -0.1) is 0 Å². The number of nitrogens with two attached hydrogens (primary N) is 1. The van der Waals surface area contributed by atoms with E-state index < -0.39 is 17.8 Å². The van der Waals surface area contributed by atoms with Gasteiger partial charge in [-0.05, 0) is 12.1 Å². The Morgan fingerprint density at radius 2 is 2.29 bits per heavy atom. The van der Waals surface area contributed by atoms with Crippen molar-refractivity contribution in [1.29, 1.82) is 0 Å². The van der Waals surface area contributed by atoms with E-state index in [1.165, 1.54) is 23.1 Å². The summed E-state index contributed by atoms with van der Waals surface area (Å²) in [6.45, 7) is 1.55. The van der Waals surface area contributed by atoms with E-state index in [1.807, 2.05) is 0 Å². The van der Waals surface area contributed by atoms with Crippen molar-refractivity contribution in [3.63, 3.8) is 0 Å². The van der Waals surface area contributed by atoms with Gasteiger partial charge in [-0.3, -0.25) is 9.59 Å². The molecule has 0 aliphatic carbocycles. The number of carbonyl (C=O) groups excluding carboxylic acids is 2. The summed E-state index contributed by atoms with van der Waals surface area (Å²) in [4.78, 5) is 24.9. The molecule has 1 aliphatic heterocycles. The minimum Gasteiger partial charge on any atom is -0.493 e. The van der Waals surface area contributed by atoms with E-state index in [0.29, 0.717) is 25.4 Å². The van der Waals surface area contributed by atoms with Gasteiger partial charge < -0.3 is 20.7 Å². The lowest BCUT2D eigenvalue weighted by Crippen LogP contribution is -2.58. The number of piperazine rings is 1. The van der Waals surface area contributed by atoms with Gasteiger partial charge in [0.1, 0.15) is 17.6 Å². The van der Waals surface area contributed by atoms with Gasteiger partial charge in [-0.1, -0.05) is 6.07 Å². The van der Waals surface area contributed by atoms with Crippen LogP contribution in [0.15, 0.2) is 24.3 Å². The Bertz CT molecular complexity index is 524. The Morgan fingerprint density at radius 1 is 1.48 bits per heavy atom. The first-order chi connectivity index (χ1) is 10.1. The summed E-state index contributed by atoms with van der Waals surface area (Å²) in [7, 11) is 0. The number of nitrogens with one attached hydrogen (secondary N) is 1. The second-order valence-electron chi connectivity index (χ2n) is 4.77. The number of halogens is 1.